The van der Waals surface area contributed by atoms with Crippen LogP contribution in [0.25, 0.3) is 0 Å². The third-order valence-corrected chi connectivity index (χ3v) is 2.55. The number of carbonyl (C=O) groups excluding carboxylic acids is 2. The van der Waals surface area contributed by atoms with Gasteiger partial charge < -0.3 is 10.1 Å². The molecule has 2 amide bonds. The molecule has 0 saturated carbocycles. The van der Waals surface area contributed by atoms with Crippen molar-refractivity contribution in [3.63, 3.8) is 0 Å². The summed E-state index contributed by atoms with van der Waals surface area (Å²) in [6.07, 6.45) is 3.43. The zero-order valence-corrected chi connectivity index (χ0v) is 11.8. The van der Waals surface area contributed by atoms with Gasteiger partial charge in [0.15, 0.2) is 0 Å². The fraction of sp³-hybridized carbons (Fsp3) is 0.846. The first-order chi connectivity index (χ1) is 8.65. The molecule has 0 aromatic heterocycles. The number of nitrogens with one attached hydrogen (secondary N) is 1. The lowest BCUT2D eigenvalue weighted by Crippen LogP contribution is -2.41. The number of hydrogen-bond acceptors (Lipinski definition) is 3. The minimum absolute atomic E-state index is 0. The van der Waals surface area contributed by atoms with E-state index >= 15 is 0 Å². The van der Waals surface area contributed by atoms with Crippen LogP contribution in [0.2, 0.25) is 0 Å². The molecule has 0 aliphatic carbocycles. The van der Waals surface area contributed by atoms with Gasteiger partial charge in [0.1, 0.15) is 6.54 Å². The van der Waals surface area contributed by atoms with Gasteiger partial charge in [-0.1, -0.05) is 26.7 Å². The van der Waals surface area contributed by atoms with Crippen LogP contribution in [0.5, 0.6) is 0 Å². The summed E-state index contributed by atoms with van der Waals surface area (Å²) in [6.45, 7) is 7.57. The van der Waals surface area contributed by atoms with Crippen molar-refractivity contribution in [2.75, 3.05) is 26.2 Å². The Labute approximate surface area is 111 Å². The van der Waals surface area contributed by atoms with E-state index in [0.717, 1.165) is 25.7 Å². The first kappa shape index (κ1) is 16.7. The highest BCUT2D eigenvalue weighted by atomic mass is 16.6. The van der Waals surface area contributed by atoms with Crippen molar-refractivity contribution in [2.24, 2.45) is 0 Å². The second-order valence-corrected chi connectivity index (χ2v) is 4.19. The monoisotopic (exact) mass is 260 g/mol. The molecule has 0 heterocycles. The maximum absolute atomic E-state index is 11.6. The van der Waals surface area contributed by atoms with Crippen LogP contribution < -0.4 is 5.32 Å². The minimum atomic E-state index is -0.406. The number of carbonyl (C=O) groups is 2. The van der Waals surface area contributed by atoms with Gasteiger partial charge in [0.05, 0.1) is 6.61 Å². The van der Waals surface area contributed by atoms with Gasteiger partial charge in [-0.3, -0.25) is 9.69 Å². The van der Waals surface area contributed by atoms with Gasteiger partial charge in [-0.25, -0.2) is 4.79 Å². The summed E-state index contributed by atoms with van der Waals surface area (Å²) >= 11 is 0. The topological polar surface area (TPSA) is 58.6 Å². The van der Waals surface area contributed by atoms with Crippen LogP contribution >= 0.6 is 0 Å². The molecule has 0 aliphatic rings. The SMILES string of the molecule is CCCCNC(=O)CN(CC)C(=O)OCCCC.[HH]. The van der Waals surface area contributed by atoms with Crippen molar-refractivity contribution < 1.29 is 15.8 Å². The summed E-state index contributed by atoms with van der Waals surface area (Å²) in [5, 5.41) is 2.78. The molecule has 0 radical (unpaired) electrons. The molecular formula is C13H28N2O3. The van der Waals surface area contributed by atoms with E-state index in [1.807, 2.05) is 13.8 Å². The van der Waals surface area contributed by atoms with E-state index in [-0.39, 0.29) is 13.9 Å². The van der Waals surface area contributed by atoms with Crippen molar-refractivity contribution >= 4 is 12.0 Å². The highest BCUT2D eigenvalue weighted by molar-refractivity contribution is 5.82. The molecule has 0 atom stereocenters. The summed E-state index contributed by atoms with van der Waals surface area (Å²) in [5.41, 5.74) is 0. The van der Waals surface area contributed by atoms with Crippen LogP contribution in [0.3, 0.4) is 0 Å². The highest BCUT2D eigenvalue weighted by Crippen LogP contribution is 1.96. The molecule has 0 unspecified atom stereocenters. The quantitative estimate of drug-likeness (QED) is 0.648. The van der Waals surface area contributed by atoms with Crippen LogP contribution in [-0.4, -0.2) is 43.1 Å². The molecule has 0 fully saturated rings. The molecule has 0 saturated heterocycles. The van der Waals surface area contributed by atoms with Gasteiger partial charge in [0, 0.05) is 14.5 Å². The Morgan fingerprint density at radius 3 is 2.39 bits per heavy atom. The van der Waals surface area contributed by atoms with E-state index < -0.39 is 6.09 Å². The zero-order chi connectivity index (χ0) is 13.8. The van der Waals surface area contributed by atoms with E-state index in [1.54, 1.807) is 0 Å². The molecule has 5 heteroatoms. The third-order valence-electron chi connectivity index (χ3n) is 2.55. The molecule has 0 aliphatic heterocycles. The predicted octanol–water partition coefficient (Wildman–Crippen LogP) is 2.41. The Morgan fingerprint density at radius 1 is 1.17 bits per heavy atom. The molecule has 1 N–H and O–H groups in total. The van der Waals surface area contributed by atoms with Gasteiger partial charge in [-0.15, -0.1) is 0 Å². The summed E-state index contributed by atoms with van der Waals surface area (Å²) in [6, 6.07) is 0. The molecule has 108 valence electrons. The number of rotatable bonds is 9. The smallest absolute Gasteiger partial charge is 0.410 e. The number of unbranched alkanes of at least 4 members (excludes halogenated alkanes) is 2. The van der Waals surface area contributed by atoms with E-state index in [1.165, 1.54) is 4.90 Å². The molecule has 0 spiro atoms. The molecule has 0 aromatic rings. The fourth-order valence-corrected chi connectivity index (χ4v) is 1.33. The van der Waals surface area contributed by atoms with E-state index in [2.05, 4.69) is 12.2 Å². The van der Waals surface area contributed by atoms with Gasteiger partial charge in [0.25, 0.3) is 0 Å². The Morgan fingerprint density at radius 2 is 1.83 bits per heavy atom. The second-order valence-electron chi connectivity index (χ2n) is 4.19. The number of hydrogen-bond donors (Lipinski definition) is 1. The van der Waals surface area contributed by atoms with Crippen LogP contribution in [-0.2, 0) is 9.53 Å². The number of amides is 2. The lowest BCUT2D eigenvalue weighted by Gasteiger charge is -2.19. The minimum Gasteiger partial charge on any atom is -0.449 e. The van der Waals surface area contributed by atoms with Crippen LogP contribution in [0.1, 0.15) is 47.9 Å². The van der Waals surface area contributed by atoms with Gasteiger partial charge in [-0.2, -0.15) is 0 Å². The molecule has 18 heavy (non-hydrogen) atoms. The first-order valence-corrected chi connectivity index (χ1v) is 6.84. The van der Waals surface area contributed by atoms with E-state index in [4.69, 9.17) is 4.74 Å². The summed E-state index contributed by atoms with van der Waals surface area (Å²) in [4.78, 5) is 24.6. The molecule has 5 nitrogen and oxygen atoms in total. The molecule has 0 rings (SSSR count). The normalized spacial score (nSPS) is 9.94. The van der Waals surface area contributed by atoms with Gasteiger partial charge in [-0.05, 0) is 19.8 Å². The van der Waals surface area contributed by atoms with Crippen molar-refractivity contribution in [1.29, 1.82) is 0 Å². The van der Waals surface area contributed by atoms with Crippen LogP contribution in [0.4, 0.5) is 4.79 Å². The largest absolute Gasteiger partial charge is 0.449 e. The highest BCUT2D eigenvalue weighted by Gasteiger charge is 2.16. The van der Waals surface area contributed by atoms with Gasteiger partial charge in [0.2, 0.25) is 5.91 Å². The fourth-order valence-electron chi connectivity index (χ4n) is 1.33. The van der Waals surface area contributed by atoms with Gasteiger partial charge >= 0.3 is 6.09 Å². The Bertz CT molecular complexity index is 250. The summed E-state index contributed by atoms with van der Waals surface area (Å²) < 4.78 is 5.07. The number of likely N-dealkylation sites (N-methyl/N-ethyl adjacent to an activating group) is 1. The maximum atomic E-state index is 11.6. The van der Waals surface area contributed by atoms with E-state index in [9.17, 15) is 9.59 Å². The third kappa shape index (κ3) is 7.92. The van der Waals surface area contributed by atoms with Crippen molar-refractivity contribution in [3.8, 4) is 0 Å². The van der Waals surface area contributed by atoms with Crippen molar-refractivity contribution in [2.45, 2.75) is 46.5 Å². The Hall–Kier alpha value is -1.26. The zero-order valence-electron chi connectivity index (χ0n) is 11.8. The Balaban J connectivity index is 0. The number of nitrogens with zero attached hydrogens (tertiary/aromatic N) is 1. The maximum Gasteiger partial charge on any atom is 0.410 e. The lowest BCUT2D eigenvalue weighted by molar-refractivity contribution is -0.122. The van der Waals surface area contributed by atoms with Crippen LogP contribution in [0.15, 0.2) is 0 Å². The predicted molar refractivity (Wildman–Crippen MR) is 73.5 cm³/mol. The second kappa shape index (κ2) is 10.9. The number of ether oxygens (including phenoxy) is 1. The summed E-state index contributed by atoms with van der Waals surface area (Å²) in [5.74, 6) is -0.127. The average molecular weight is 260 g/mol. The van der Waals surface area contributed by atoms with Crippen molar-refractivity contribution in [1.82, 2.24) is 10.2 Å². The standard InChI is InChI=1S/C13H26N2O3.H2/c1-4-7-9-14-12(16)11-15(6-3)13(17)18-10-8-5-2;/h4-11H2,1-3H3,(H,14,16);1H. The molecule has 0 aromatic carbocycles. The lowest BCUT2D eigenvalue weighted by atomic mass is 10.3. The average Bonchev–Trinajstić information content (AvgIpc) is 2.36. The Kier molecular flexibility index (Phi) is 10.1. The first-order valence-electron chi connectivity index (χ1n) is 6.84. The molecule has 0 bridgehead atoms. The summed E-state index contributed by atoms with van der Waals surface area (Å²) in [7, 11) is 0. The van der Waals surface area contributed by atoms with Crippen LogP contribution in [0, 0.1) is 0 Å². The van der Waals surface area contributed by atoms with E-state index in [0.29, 0.717) is 19.7 Å². The molecular weight excluding hydrogens is 232 g/mol. The van der Waals surface area contributed by atoms with Crippen molar-refractivity contribution in [3.05, 3.63) is 0 Å².